The Morgan fingerprint density at radius 2 is 1.69 bits per heavy atom. The monoisotopic (exact) mass is 196 g/mol. The van der Waals surface area contributed by atoms with Gasteiger partial charge in [0.15, 0.2) is 0 Å². The van der Waals surface area contributed by atoms with E-state index in [1.54, 1.807) is 20.8 Å². The van der Waals surface area contributed by atoms with Crippen molar-refractivity contribution in [1.29, 1.82) is 0 Å². The molecule has 0 fully saturated rings. The second-order valence-corrected chi connectivity index (χ2v) is 3.71. The molecule has 0 atom stereocenters. The number of carbonyl (C=O) groups is 1. The van der Waals surface area contributed by atoms with Crippen molar-refractivity contribution in [1.82, 2.24) is 0 Å². The second kappa shape index (κ2) is 4.30. The summed E-state index contributed by atoms with van der Waals surface area (Å²) in [5.41, 5.74) is -0.372. The standard InChI is InChI=1S/C8H11F3O2/c1-8(2,3)4-13-7(12)5(9)6(10)11/h4H2,1-3H3. The van der Waals surface area contributed by atoms with Crippen LogP contribution in [0, 0.1) is 5.41 Å². The molecule has 0 aromatic carbocycles. The maximum Gasteiger partial charge on any atom is 0.372 e. The van der Waals surface area contributed by atoms with Crippen LogP contribution in [0.2, 0.25) is 0 Å². The number of ether oxygens (including phenoxy) is 1. The van der Waals surface area contributed by atoms with Crippen LogP contribution in [-0.4, -0.2) is 12.6 Å². The Hall–Kier alpha value is -1.00. The number of esters is 1. The zero-order valence-corrected chi connectivity index (χ0v) is 7.66. The molecule has 0 rings (SSSR count). The molecule has 0 heterocycles. The Balaban J connectivity index is 4.12. The third-order valence-corrected chi connectivity index (χ3v) is 0.981. The molecule has 76 valence electrons. The number of hydrogen-bond donors (Lipinski definition) is 0. The van der Waals surface area contributed by atoms with Gasteiger partial charge < -0.3 is 4.74 Å². The average Bonchev–Trinajstić information content (AvgIpc) is 1.97. The van der Waals surface area contributed by atoms with E-state index in [0.29, 0.717) is 0 Å². The van der Waals surface area contributed by atoms with Gasteiger partial charge in [0, 0.05) is 0 Å². The van der Waals surface area contributed by atoms with Crippen molar-refractivity contribution in [2.45, 2.75) is 20.8 Å². The van der Waals surface area contributed by atoms with Crippen molar-refractivity contribution in [3.8, 4) is 0 Å². The van der Waals surface area contributed by atoms with Gasteiger partial charge in [0.1, 0.15) is 0 Å². The first kappa shape index (κ1) is 12.0. The maximum atomic E-state index is 12.1. The van der Waals surface area contributed by atoms with Crippen molar-refractivity contribution in [2.24, 2.45) is 5.41 Å². The summed E-state index contributed by atoms with van der Waals surface area (Å²) in [6, 6.07) is 0. The molecule has 0 aliphatic carbocycles. The first-order valence-corrected chi connectivity index (χ1v) is 3.62. The van der Waals surface area contributed by atoms with E-state index in [1.165, 1.54) is 0 Å². The van der Waals surface area contributed by atoms with Crippen LogP contribution < -0.4 is 0 Å². The molecule has 0 unspecified atom stereocenters. The Kier molecular flexibility index (Phi) is 3.97. The van der Waals surface area contributed by atoms with E-state index in [0.717, 1.165) is 0 Å². The lowest BCUT2D eigenvalue weighted by atomic mass is 9.99. The van der Waals surface area contributed by atoms with Crippen LogP contribution in [0.5, 0.6) is 0 Å². The highest BCUT2D eigenvalue weighted by atomic mass is 19.3. The molecule has 0 radical (unpaired) electrons. The van der Waals surface area contributed by atoms with Gasteiger partial charge in [-0.2, -0.15) is 13.2 Å². The van der Waals surface area contributed by atoms with E-state index in [4.69, 9.17) is 0 Å². The second-order valence-electron chi connectivity index (χ2n) is 3.71. The molecule has 0 aromatic heterocycles. The van der Waals surface area contributed by atoms with Crippen molar-refractivity contribution in [3.05, 3.63) is 11.9 Å². The largest absolute Gasteiger partial charge is 0.460 e. The zero-order chi connectivity index (χ0) is 10.6. The van der Waals surface area contributed by atoms with Crippen LogP contribution in [0.1, 0.15) is 20.8 Å². The third-order valence-electron chi connectivity index (χ3n) is 0.981. The predicted octanol–water partition coefficient (Wildman–Crippen LogP) is 2.65. The molecular formula is C8H11F3O2. The number of hydrogen-bond acceptors (Lipinski definition) is 2. The van der Waals surface area contributed by atoms with E-state index in [-0.39, 0.29) is 12.0 Å². The third kappa shape index (κ3) is 5.27. The molecule has 13 heavy (non-hydrogen) atoms. The van der Waals surface area contributed by atoms with Gasteiger partial charge in [0.2, 0.25) is 0 Å². The van der Waals surface area contributed by atoms with Gasteiger partial charge in [-0.05, 0) is 5.41 Å². The van der Waals surface area contributed by atoms with E-state index in [1.807, 2.05) is 0 Å². The SMILES string of the molecule is CC(C)(C)COC(=O)C(F)=C(F)F. The molecule has 0 aromatic rings. The van der Waals surface area contributed by atoms with Crippen LogP contribution in [0.15, 0.2) is 11.9 Å². The minimum Gasteiger partial charge on any atom is -0.460 e. The van der Waals surface area contributed by atoms with Gasteiger partial charge in [0.05, 0.1) is 6.61 Å². The molecule has 0 N–H and O–H groups in total. The van der Waals surface area contributed by atoms with Crippen LogP contribution in [-0.2, 0) is 9.53 Å². The van der Waals surface area contributed by atoms with Crippen molar-refractivity contribution in [2.75, 3.05) is 6.61 Å². The van der Waals surface area contributed by atoms with Gasteiger partial charge in [-0.25, -0.2) is 4.79 Å². The van der Waals surface area contributed by atoms with Gasteiger partial charge in [-0.3, -0.25) is 0 Å². The van der Waals surface area contributed by atoms with Gasteiger partial charge in [-0.15, -0.1) is 0 Å². The Bertz CT molecular complexity index is 224. The first-order valence-electron chi connectivity index (χ1n) is 3.62. The Labute approximate surface area is 74.4 Å². The van der Waals surface area contributed by atoms with Gasteiger partial charge in [-0.1, -0.05) is 20.8 Å². The normalized spacial score (nSPS) is 10.9. The minimum atomic E-state index is -2.65. The molecule has 0 saturated heterocycles. The molecule has 0 bridgehead atoms. The van der Waals surface area contributed by atoms with Crippen LogP contribution >= 0.6 is 0 Å². The molecule has 0 aliphatic heterocycles. The number of halogens is 3. The van der Waals surface area contributed by atoms with Crippen LogP contribution in [0.25, 0.3) is 0 Å². The Morgan fingerprint density at radius 3 is 2.00 bits per heavy atom. The fourth-order valence-electron chi connectivity index (χ4n) is 0.423. The summed E-state index contributed by atoms with van der Waals surface area (Å²) < 4.78 is 39.4. The lowest BCUT2D eigenvalue weighted by Gasteiger charge is -2.16. The summed E-state index contributed by atoms with van der Waals surface area (Å²) in [6.45, 7) is 5.08. The molecule has 0 amide bonds. The summed E-state index contributed by atoms with van der Waals surface area (Å²) in [5.74, 6) is -3.74. The highest BCUT2D eigenvalue weighted by molar-refractivity contribution is 5.86. The topological polar surface area (TPSA) is 26.3 Å². The van der Waals surface area contributed by atoms with Crippen molar-refractivity contribution >= 4 is 5.97 Å². The highest BCUT2D eigenvalue weighted by Crippen LogP contribution is 2.16. The molecule has 5 heteroatoms. The quantitative estimate of drug-likeness (QED) is 0.501. The predicted molar refractivity (Wildman–Crippen MR) is 40.8 cm³/mol. The number of rotatable bonds is 2. The van der Waals surface area contributed by atoms with E-state index < -0.39 is 17.9 Å². The molecule has 0 aliphatic rings. The maximum absolute atomic E-state index is 12.1. The summed E-state index contributed by atoms with van der Waals surface area (Å²) in [6.07, 6.45) is -2.65. The van der Waals surface area contributed by atoms with Crippen molar-refractivity contribution in [3.63, 3.8) is 0 Å². The van der Waals surface area contributed by atoms with Gasteiger partial charge >= 0.3 is 12.0 Å². The minimum absolute atomic E-state index is 0.105. The number of carbonyl (C=O) groups excluding carboxylic acids is 1. The summed E-state index contributed by atoms with van der Waals surface area (Å²) >= 11 is 0. The van der Waals surface area contributed by atoms with E-state index in [2.05, 4.69) is 4.74 Å². The first-order chi connectivity index (χ1) is 5.74. The summed E-state index contributed by atoms with van der Waals surface area (Å²) in [4.78, 5) is 10.5. The van der Waals surface area contributed by atoms with E-state index in [9.17, 15) is 18.0 Å². The van der Waals surface area contributed by atoms with Gasteiger partial charge in [0.25, 0.3) is 5.83 Å². The zero-order valence-electron chi connectivity index (χ0n) is 7.66. The molecule has 2 nitrogen and oxygen atoms in total. The fourth-order valence-corrected chi connectivity index (χ4v) is 0.423. The average molecular weight is 196 g/mol. The molecular weight excluding hydrogens is 185 g/mol. The lowest BCUT2D eigenvalue weighted by molar-refractivity contribution is -0.143. The molecule has 0 saturated carbocycles. The summed E-state index contributed by atoms with van der Waals surface area (Å²) in [7, 11) is 0. The van der Waals surface area contributed by atoms with Crippen LogP contribution in [0.3, 0.4) is 0 Å². The Morgan fingerprint density at radius 1 is 1.23 bits per heavy atom. The molecule has 0 spiro atoms. The van der Waals surface area contributed by atoms with Crippen LogP contribution in [0.4, 0.5) is 13.2 Å². The highest BCUT2D eigenvalue weighted by Gasteiger charge is 2.20. The van der Waals surface area contributed by atoms with Crippen molar-refractivity contribution < 1.29 is 22.7 Å². The smallest absolute Gasteiger partial charge is 0.372 e. The summed E-state index contributed by atoms with van der Waals surface area (Å²) in [5, 5.41) is 0. The lowest BCUT2D eigenvalue weighted by Crippen LogP contribution is -2.18. The van der Waals surface area contributed by atoms with E-state index >= 15 is 0 Å². The fraction of sp³-hybridized carbons (Fsp3) is 0.625.